The van der Waals surface area contributed by atoms with Crippen LogP contribution in [-0.4, -0.2) is 52.4 Å². The first-order valence-corrected chi connectivity index (χ1v) is 8.04. The summed E-state index contributed by atoms with van der Waals surface area (Å²) in [5.41, 5.74) is 0.913. The Hall–Kier alpha value is -2.19. The van der Waals surface area contributed by atoms with Crippen LogP contribution in [-0.2, 0) is 4.74 Å². The first-order valence-electron chi connectivity index (χ1n) is 8.04. The van der Waals surface area contributed by atoms with E-state index in [0.29, 0.717) is 16.8 Å². The van der Waals surface area contributed by atoms with Gasteiger partial charge in [-0.1, -0.05) is 12.7 Å². The van der Waals surface area contributed by atoms with E-state index in [1.165, 1.54) is 6.08 Å². The molecule has 3 rings (SSSR count). The summed E-state index contributed by atoms with van der Waals surface area (Å²) in [5.74, 6) is 0. The Morgan fingerprint density at radius 2 is 2.04 bits per heavy atom. The van der Waals surface area contributed by atoms with E-state index in [1.807, 2.05) is 0 Å². The zero-order valence-corrected chi connectivity index (χ0v) is 13.8. The zero-order valence-electron chi connectivity index (χ0n) is 13.8. The van der Waals surface area contributed by atoms with Crippen molar-refractivity contribution in [1.82, 2.24) is 0 Å². The van der Waals surface area contributed by atoms with E-state index in [4.69, 9.17) is 9.15 Å². The Morgan fingerprint density at radius 1 is 1.28 bits per heavy atom. The molecule has 0 radical (unpaired) electrons. The normalized spacial score (nSPS) is 29.5. The quantitative estimate of drug-likeness (QED) is 0.603. The molecule has 1 aliphatic rings. The number of ether oxygens (including phenoxy) is 1. The van der Waals surface area contributed by atoms with Crippen LogP contribution in [0.4, 0.5) is 5.69 Å². The molecule has 134 valence electrons. The van der Waals surface area contributed by atoms with Gasteiger partial charge in [-0.15, -0.1) is 0 Å². The number of rotatable bonds is 4. The lowest BCUT2D eigenvalue weighted by Gasteiger charge is -2.41. The topological polar surface area (TPSA) is 112 Å². The van der Waals surface area contributed by atoms with Gasteiger partial charge in [0.15, 0.2) is 0 Å². The number of fused-ring (bicyclic) bond motifs is 1. The predicted molar refractivity (Wildman–Crippen MR) is 93.4 cm³/mol. The molecular weight excluding hydrogens is 326 g/mol. The molecule has 2 aromatic rings. The highest BCUT2D eigenvalue weighted by molar-refractivity contribution is 5.82. The smallest absolute Gasteiger partial charge is 0.343 e. The largest absolute Gasteiger partial charge is 0.422 e. The van der Waals surface area contributed by atoms with Gasteiger partial charge in [0.2, 0.25) is 0 Å². The standard InChI is InChI=1S/C18H21NO6/c1-3-10-6-11-4-5-12(7-13(11)25-18(10)23)19-15-9(2)24-14(8-20)16(21)17(15)22/h3-7,9,14-17,19-22H,1,8H2,2H3. The maximum atomic E-state index is 11.8. The lowest BCUT2D eigenvalue weighted by atomic mass is 9.93. The van der Waals surface area contributed by atoms with Crippen molar-refractivity contribution >= 4 is 22.7 Å². The summed E-state index contributed by atoms with van der Waals surface area (Å²) in [4.78, 5) is 11.8. The summed E-state index contributed by atoms with van der Waals surface area (Å²) in [6, 6.07) is 6.30. The molecule has 1 saturated heterocycles. The molecule has 0 aliphatic carbocycles. The fraction of sp³-hybridized carbons (Fsp3) is 0.389. The van der Waals surface area contributed by atoms with Gasteiger partial charge in [-0.05, 0) is 25.1 Å². The molecule has 0 spiro atoms. The Kier molecular flexibility index (Phi) is 4.91. The summed E-state index contributed by atoms with van der Waals surface area (Å²) < 4.78 is 10.8. The Balaban J connectivity index is 1.87. The van der Waals surface area contributed by atoms with Crippen molar-refractivity contribution in [2.45, 2.75) is 37.4 Å². The van der Waals surface area contributed by atoms with Crippen LogP contribution < -0.4 is 10.9 Å². The van der Waals surface area contributed by atoms with Crippen LogP contribution in [0.2, 0.25) is 0 Å². The van der Waals surface area contributed by atoms with Gasteiger partial charge in [0.25, 0.3) is 0 Å². The van der Waals surface area contributed by atoms with Gasteiger partial charge in [-0.2, -0.15) is 0 Å². The summed E-state index contributed by atoms with van der Waals surface area (Å²) in [7, 11) is 0. The van der Waals surface area contributed by atoms with Crippen molar-refractivity contribution in [2.75, 3.05) is 11.9 Å². The van der Waals surface area contributed by atoms with Crippen molar-refractivity contribution in [1.29, 1.82) is 0 Å². The van der Waals surface area contributed by atoms with Gasteiger partial charge in [0.05, 0.1) is 24.3 Å². The van der Waals surface area contributed by atoms with Crippen molar-refractivity contribution in [2.24, 2.45) is 0 Å². The van der Waals surface area contributed by atoms with Crippen molar-refractivity contribution in [3.8, 4) is 0 Å². The fourth-order valence-corrected chi connectivity index (χ4v) is 3.06. The molecule has 4 N–H and O–H groups in total. The highest BCUT2D eigenvalue weighted by Gasteiger charge is 2.42. The van der Waals surface area contributed by atoms with E-state index in [9.17, 15) is 20.1 Å². The van der Waals surface area contributed by atoms with E-state index in [2.05, 4.69) is 11.9 Å². The first kappa shape index (κ1) is 17.6. The molecule has 7 nitrogen and oxygen atoms in total. The van der Waals surface area contributed by atoms with E-state index in [-0.39, 0.29) is 6.61 Å². The second kappa shape index (κ2) is 6.97. The van der Waals surface area contributed by atoms with Crippen molar-refractivity contribution in [3.05, 3.63) is 46.8 Å². The third kappa shape index (κ3) is 3.32. The molecule has 0 saturated carbocycles. The van der Waals surface area contributed by atoms with Gasteiger partial charge in [-0.25, -0.2) is 4.79 Å². The zero-order chi connectivity index (χ0) is 18.1. The molecule has 0 amide bonds. The van der Waals surface area contributed by atoms with E-state index in [1.54, 1.807) is 31.2 Å². The van der Waals surface area contributed by atoms with E-state index < -0.39 is 36.1 Å². The Labute approximate surface area is 144 Å². The highest BCUT2D eigenvalue weighted by atomic mass is 16.5. The minimum Gasteiger partial charge on any atom is -0.422 e. The van der Waals surface area contributed by atoms with Gasteiger partial charge >= 0.3 is 5.63 Å². The molecule has 7 heteroatoms. The molecule has 2 heterocycles. The SMILES string of the molecule is C=Cc1cc2ccc(NC3C(C)OC(CO)C(O)C3O)cc2oc1=O. The monoisotopic (exact) mass is 347 g/mol. The van der Waals surface area contributed by atoms with Crippen LogP contribution in [0.15, 0.2) is 40.1 Å². The number of anilines is 1. The minimum atomic E-state index is -1.20. The number of benzene rings is 1. The van der Waals surface area contributed by atoms with Crippen LogP contribution in [0.25, 0.3) is 17.0 Å². The molecule has 1 fully saturated rings. The summed E-state index contributed by atoms with van der Waals surface area (Å²) in [6.07, 6.45) is -2.15. The number of aliphatic hydroxyl groups is 3. The molecule has 5 unspecified atom stereocenters. The second-order valence-electron chi connectivity index (χ2n) is 6.16. The molecule has 1 aromatic heterocycles. The van der Waals surface area contributed by atoms with Gasteiger partial charge in [0, 0.05) is 17.1 Å². The number of nitrogens with one attached hydrogen (secondary N) is 1. The fourth-order valence-electron chi connectivity index (χ4n) is 3.06. The summed E-state index contributed by atoms with van der Waals surface area (Å²) in [6.45, 7) is 4.94. The number of aliphatic hydroxyl groups excluding tert-OH is 3. The van der Waals surface area contributed by atoms with E-state index in [0.717, 1.165) is 5.39 Å². The second-order valence-corrected chi connectivity index (χ2v) is 6.16. The average molecular weight is 347 g/mol. The van der Waals surface area contributed by atoms with Crippen molar-refractivity contribution in [3.63, 3.8) is 0 Å². The van der Waals surface area contributed by atoms with Crippen LogP contribution in [0.1, 0.15) is 12.5 Å². The summed E-state index contributed by atoms with van der Waals surface area (Å²) in [5, 5.41) is 33.4. The maximum absolute atomic E-state index is 11.8. The third-order valence-electron chi connectivity index (χ3n) is 4.49. The lowest BCUT2D eigenvalue weighted by molar-refractivity contribution is -0.180. The van der Waals surface area contributed by atoms with Gasteiger partial charge in [0.1, 0.15) is 23.9 Å². The number of hydrogen-bond donors (Lipinski definition) is 4. The van der Waals surface area contributed by atoms with Crippen LogP contribution in [0.5, 0.6) is 0 Å². The Morgan fingerprint density at radius 3 is 2.72 bits per heavy atom. The van der Waals surface area contributed by atoms with Crippen LogP contribution in [0, 0.1) is 0 Å². The Bertz CT molecular complexity index is 832. The van der Waals surface area contributed by atoms with Gasteiger partial charge in [-0.3, -0.25) is 0 Å². The summed E-state index contributed by atoms with van der Waals surface area (Å²) >= 11 is 0. The molecular formula is C18H21NO6. The number of hydrogen-bond acceptors (Lipinski definition) is 7. The maximum Gasteiger partial charge on any atom is 0.343 e. The van der Waals surface area contributed by atoms with E-state index >= 15 is 0 Å². The molecule has 1 aliphatic heterocycles. The molecule has 1 aromatic carbocycles. The molecule has 0 bridgehead atoms. The minimum absolute atomic E-state index is 0.373. The lowest BCUT2D eigenvalue weighted by Crippen LogP contribution is -2.60. The van der Waals surface area contributed by atoms with Gasteiger partial charge < -0.3 is 29.8 Å². The predicted octanol–water partition coefficient (Wildman–Crippen LogP) is 0.718. The molecule has 25 heavy (non-hydrogen) atoms. The highest BCUT2D eigenvalue weighted by Crippen LogP contribution is 2.26. The average Bonchev–Trinajstić information content (AvgIpc) is 2.61. The molecule has 5 atom stereocenters. The third-order valence-corrected chi connectivity index (χ3v) is 4.49. The van der Waals surface area contributed by atoms with Crippen molar-refractivity contribution < 1.29 is 24.5 Å². The van der Waals surface area contributed by atoms with Crippen LogP contribution >= 0.6 is 0 Å². The first-order chi connectivity index (χ1) is 11.9. The van der Waals surface area contributed by atoms with Crippen LogP contribution in [0.3, 0.4) is 0 Å².